The average molecular weight is 1040 g/mol. The number of nitrogens with one attached hydrogen (secondary N) is 3. The maximum atomic E-state index is 14.3. The van der Waals surface area contributed by atoms with Gasteiger partial charge in [-0.05, 0) is 92.9 Å². The van der Waals surface area contributed by atoms with Crippen molar-refractivity contribution in [1.29, 1.82) is 5.26 Å². The molecule has 2 aromatic heterocycles. The number of H-pyrrole nitrogens is 1. The summed E-state index contributed by atoms with van der Waals surface area (Å²) < 4.78 is 48.0. The molecule has 1 aliphatic rings. The number of rotatable bonds is 22. The van der Waals surface area contributed by atoms with Crippen LogP contribution in [0.5, 0.6) is 17.2 Å². The summed E-state index contributed by atoms with van der Waals surface area (Å²) in [5.41, 5.74) is 0.300. The van der Waals surface area contributed by atoms with Gasteiger partial charge in [-0.25, -0.2) is 14.7 Å². The molecule has 0 bridgehead atoms. The molecule has 1 unspecified atom stereocenters. The lowest BCUT2D eigenvalue weighted by Gasteiger charge is -2.39. The number of aromatic amines is 1. The van der Waals surface area contributed by atoms with Crippen molar-refractivity contribution in [1.82, 2.24) is 24.2 Å². The molecule has 8 rings (SSSR count). The van der Waals surface area contributed by atoms with Crippen molar-refractivity contribution in [2.24, 2.45) is 0 Å². The summed E-state index contributed by atoms with van der Waals surface area (Å²) in [4.78, 5) is 66.0. The van der Waals surface area contributed by atoms with Gasteiger partial charge in [-0.1, -0.05) is 91.0 Å². The lowest BCUT2D eigenvalue weighted by atomic mass is 9.80. The van der Waals surface area contributed by atoms with Crippen LogP contribution in [0, 0.1) is 11.3 Å². The van der Waals surface area contributed by atoms with Crippen LogP contribution in [0.15, 0.2) is 151 Å². The molecule has 20 heteroatoms. The van der Waals surface area contributed by atoms with E-state index >= 15 is 0 Å². The zero-order chi connectivity index (χ0) is 53.1. The fraction of sp³-hybridized carbons (Fsp3) is 0.309. The van der Waals surface area contributed by atoms with Crippen molar-refractivity contribution in [3.8, 4) is 23.3 Å². The maximum absolute atomic E-state index is 14.3. The molecule has 19 nitrogen and oxygen atoms in total. The SMILES string of the molecule is COc1ccc(C(OC[C@H]2O[C@@H](n3cnc4c(=O)[nH]c(NC(=O)COc5ccccc5)nc43)[C@H](OC(=O)Nc3ccccc3)[C@@H]2O[P+](O)(CCC#N)N(C(C)C)C(C)C)(c2ccccc2)c2ccc(OC)cc2)cc1. The van der Waals surface area contributed by atoms with Gasteiger partial charge < -0.3 is 28.4 Å². The minimum absolute atomic E-state index is 0.0592. The Morgan fingerprint density at radius 3 is 1.96 bits per heavy atom. The molecule has 0 saturated carbocycles. The predicted octanol–water partition coefficient (Wildman–Crippen LogP) is 8.85. The minimum atomic E-state index is -3.83. The molecule has 390 valence electrons. The number of hydrogen-bond acceptors (Lipinski definition) is 15. The van der Waals surface area contributed by atoms with E-state index in [4.69, 9.17) is 32.9 Å². The average Bonchev–Trinajstić information content (AvgIpc) is 3.99. The summed E-state index contributed by atoms with van der Waals surface area (Å²) in [5, 5.41) is 15.4. The van der Waals surface area contributed by atoms with E-state index < -0.39 is 62.2 Å². The molecule has 5 atom stereocenters. The first-order chi connectivity index (χ1) is 36.3. The van der Waals surface area contributed by atoms with Crippen LogP contribution < -0.4 is 30.4 Å². The number of carbonyl (C=O) groups excluding carboxylic acids is 2. The molecule has 7 aromatic rings. The molecular weight excluding hydrogens is 980 g/mol. The molecule has 0 radical (unpaired) electrons. The number of carbonyl (C=O) groups is 2. The van der Waals surface area contributed by atoms with Crippen molar-refractivity contribution in [2.75, 3.05) is 44.2 Å². The second-order valence-corrected chi connectivity index (χ2v) is 20.5. The van der Waals surface area contributed by atoms with Gasteiger partial charge in [-0.2, -0.15) is 14.8 Å². The zero-order valence-corrected chi connectivity index (χ0v) is 43.3. The summed E-state index contributed by atoms with van der Waals surface area (Å²) in [6.45, 7) is 6.97. The fourth-order valence-electron chi connectivity index (χ4n) is 9.33. The van der Waals surface area contributed by atoms with Crippen LogP contribution in [0.2, 0.25) is 0 Å². The lowest BCUT2D eigenvalue weighted by Crippen LogP contribution is -2.46. The van der Waals surface area contributed by atoms with Gasteiger partial charge in [0.25, 0.3) is 11.5 Å². The van der Waals surface area contributed by atoms with Gasteiger partial charge in [-0.15, -0.1) is 4.67 Å². The van der Waals surface area contributed by atoms with Crippen molar-refractivity contribution >= 4 is 42.7 Å². The lowest BCUT2D eigenvalue weighted by molar-refractivity contribution is -0.118. The van der Waals surface area contributed by atoms with Gasteiger partial charge in [0.15, 0.2) is 36.2 Å². The number of amides is 2. The van der Waals surface area contributed by atoms with E-state index in [9.17, 15) is 24.5 Å². The molecule has 0 aliphatic carbocycles. The Balaban J connectivity index is 1.28. The molecule has 1 fully saturated rings. The van der Waals surface area contributed by atoms with Crippen LogP contribution in [0.3, 0.4) is 0 Å². The van der Waals surface area contributed by atoms with E-state index in [2.05, 4.69) is 31.7 Å². The van der Waals surface area contributed by atoms with Gasteiger partial charge in [0.05, 0.1) is 39.6 Å². The van der Waals surface area contributed by atoms with Gasteiger partial charge in [0.1, 0.15) is 35.1 Å². The molecule has 1 saturated heterocycles. The number of methoxy groups -OCH3 is 2. The summed E-state index contributed by atoms with van der Waals surface area (Å²) in [5.74, 6) is 0.838. The largest absolute Gasteiger partial charge is 0.497 e. The number of fused-ring (bicyclic) bond motifs is 1. The number of imidazole rings is 1. The van der Waals surface area contributed by atoms with Gasteiger partial charge in [0.2, 0.25) is 5.95 Å². The third kappa shape index (κ3) is 12.1. The van der Waals surface area contributed by atoms with Crippen LogP contribution in [-0.2, 0) is 29.1 Å². The number of aromatic nitrogens is 4. The van der Waals surface area contributed by atoms with Gasteiger partial charge in [-0.3, -0.25) is 29.8 Å². The highest BCUT2D eigenvalue weighted by Crippen LogP contribution is 2.64. The third-order valence-corrected chi connectivity index (χ3v) is 15.5. The summed E-state index contributed by atoms with van der Waals surface area (Å²) in [6.07, 6.45) is -5.16. The van der Waals surface area contributed by atoms with E-state index in [0.29, 0.717) is 34.1 Å². The second-order valence-electron chi connectivity index (χ2n) is 18.1. The first-order valence-electron chi connectivity index (χ1n) is 24.3. The quantitative estimate of drug-likeness (QED) is 0.0367. The van der Waals surface area contributed by atoms with E-state index in [1.54, 1.807) is 68.8 Å². The summed E-state index contributed by atoms with van der Waals surface area (Å²) >= 11 is 0. The number of nitrogens with zero attached hydrogens (tertiary/aromatic N) is 5. The molecule has 75 heavy (non-hydrogen) atoms. The first kappa shape index (κ1) is 53.6. The van der Waals surface area contributed by atoms with Gasteiger partial charge >= 0.3 is 14.0 Å². The number of nitriles is 1. The number of ether oxygens (including phenoxy) is 6. The monoisotopic (exact) mass is 1040 g/mol. The molecule has 0 spiro atoms. The van der Waals surface area contributed by atoms with Crippen molar-refractivity contribution in [3.05, 3.63) is 173 Å². The fourth-order valence-corrected chi connectivity index (χ4v) is 12.3. The molecule has 2 amide bonds. The topological polar surface area (TPSA) is 234 Å². The van der Waals surface area contributed by atoms with Crippen LogP contribution in [-0.4, -0.2) is 105 Å². The summed E-state index contributed by atoms with van der Waals surface area (Å²) in [6, 6.07) is 43.6. The normalized spacial score (nSPS) is 17.3. The second kappa shape index (κ2) is 24.1. The van der Waals surface area contributed by atoms with Crippen LogP contribution in [0.4, 0.5) is 16.4 Å². The van der Waals surface area contributed by atoms with E-state index in [1.165, 1.54) is 10.9 Å². The standard InChI is InChI=1S/C55H59N8O11P/c1-36(2)63(37(3)4)75(67,32-16-31-56)74-48-45(33-71-55(38-17-10-7-11-18-38,39-23-27-42(68-5)28-24-39)40-25-29-43(69-6)30-26-40)72-52(49(48)73-54(66)58-41-19-12-8-13-20-41)62-35-57-47-50(62)60-53(61-51(47)65)59-46(64)34-70-44-21-14-9-15-22-44/h7-15,17-30,35-37,45,48-49,52,67H,16,32-34H2,1-6H3,(H2-,58,59,60,61,64,65,66)/p+1/t45-,48-,49-,52-,75?/m1/s1. The highest BCUT2D eigenvalue weighted by Gasteiger charge is 2.59. The summed E-state index contributed by atoms with van der Waals surface area (Å²) in [7, 11) is -0.663. The highest BCUT2D eigenvalue weighted by atomic mass is 31.2. The van der Waals surface area contributed by atoms with E-state index in [-0.39, 0.29) is 48.4 Å². The Kier molecular flexibility index (Phi) is 17.2. The van der Waals surface area contributed by atoms with Crippen molar-refractivity contribution in [3.63, 3.8) is 0 Å². The van der Waals surface area contributed by atoms with E-state index in [1.807, 2.05) is 117 Å². The number of hydrogen-bond donors (Lipinski definition) is 4. The van der Waals surface area contributed by atoms with Gasteiger partial charge in [0, 0.05) is 17.8 Å². The third-order valence-electron chi connectivity index (χ3n) is 12.5. The Morgan fingerprint density at radius 1 is 0.813 bits per heavy atom. The Bertz CT molecular complexity index is 3050. The Morgan fingerprint density at radius 2 is 1.39 bits per heavy atom. The van der Waals surface area contributed by atoms with Crippen LogP contribution in [0.1, 0.15) is 57.0 Å². The number of para-hydroxylation sites is 2. The molecule has 4 N–H and O–H groups in total. The van der Waals surface area contributed by atoms with Crippen molar-refractivity contribution < 1.29 is 47.4 Å². The van der Waals surface area contributed by atoms with Crippen LogP contribution >= 0.6 is 7.87 Å². The molecule has 5 aromatic carbocycles. The molecule has 3 heterocycles. The highest BCUT2D eigenvalue weighted by molar-refractivity contribution is 7.63. The first-order valence-corrected chi connectivity index (χ1v) is 26.1. The molecular formula is C55H60N8O11P+. The Labute approximate surface area is 434 Å². The minimum Gasteiger partial charge on any atom is -0.497 e. The number of benzene rings is 5. The molecule has 1 aliphatic heterocycles. The van der Waals surface area contributed by atoms with Crippen LogP contribution in [0.25, 0.3) is 11.2 Å². The number of anilines is 2. The maximum Gasteiger partial charge on any atom is 0.412 e. The van der Waals surface area contributed by atoms with Crippen molar-refractivity contribution in [2.45, 2.75) is 76.3 Å². The predicted molar refractivity (Wildman–Crippen MR) is 282 cm³/mol. The van der Waals surface area contributed by atoms with E-state index in [0.717, 1.165) is 5.56 Å². The Hall–Kier alpha value is -7.69. The smallest absolute Gasteiger partial charge is 0.412 e. The zero-order valence-electron chi connectivity index (χ0n) is 42.4.